The van der Waals surface area contributed by atoms with E-state index >= 15 is 0 Å². The predicted octanol–water partition coefficient (Wildman–Crippen LogP) is 4.67. The SMILES string of the molecule is CCO[C@]1(C(C)=O)CCC2C3CC=C4C[C@@H](O)CC[C@]4(C)C3CC[C@@]21C. The third-order valence-corrected chi connectivity index (χ3v) is 9.16. The van der Waals surface area contributed by atoms with Gasteiger partial charge in [0.1, 0.15) is 5.60 Å². The second kappa shape index (κ2) is 6.17. The van der Waals surface area contributed by atoms with Crippen molar-refractivity contribution in [2.75, 3.05) is 6.61 Å². The van der Waals surface area contributed by atoms with Gasteiger partial charge in [-0.3, -0.25) is 4.79 Å². The number of aliphatic hydroxyl groups is 1. The van der Waals surface area contributed by atoms with Gasteiger partial charge < -0.3 is 9.84 Å². The number of hydrogen-bond donors (Lipinski definition) is 1. The molecule has 0 aromatic rings. The highest BCUT2D eigenvalue weighted by atomic mass is 16.5. The lowest BCUT2D eigenvalue weighted by Crippen LogP contribution is -2.58. The van der Waals surface area contributed by atoms with Gasteiger partial charge in [0.2, 0.25) is 0 Å². The molecule has 0 radical (unpaired) electrons. The summed E-state index contributed by atoms with van der Waals surface area (Å²) >= 11 is 0. The van der Waals surface area contributed by atoms with Gasteiger partial charge in [-0.25, -0.2) is 0 Å². The Balaban J connectivity index is 1.69. The highest BCUT2D eigenvalue weighted by Crippen LogP contribution is 2.68. The minimum absolute atomic E-state index is 0.0219. The molecule has 146 valence electrons. The molecular weight excluding hydrogens is 324 g/mol. The number of rotatable bonds is 3. The summed E-state index contributed by atoms with van der Waals surface area (Å²) in [5.41, 5.74) is 1.19. The largest absolute Gasteiger partial charge is 0.393 e. The molecule has 3 heteroatoms. The Bertz CT molecular complexity index is 625. The van der Waals surface area contributed by atoms with E-state index in [1.54, 1.807) is 6.92 Å². The van der Waals surface area contributed by atoms with Crippen molar-refractivity contribution in [2.45, 2.75) is 90.8 Å². The number of ether oxygens (including phenoxy) is 1. The number of hydrogen-bond acceptors (Lipinski definition) is 3. The van der Waals surface area contributed by atoms with Crippen LogP contribution in [0, 0.1) is 28.6 Å². The van der Waals surface area contributed by atoms with Gasteiger partial charge in [-0.15, -0.1) is 0 Å². The van der Waals surface area contributed by atoms with Crippen LogP contribution in [0.5, 0.6) is 0 Å². The first-order valence-corrected chi connectivity index (χ1v) is 10.8. The van der Waals surface area contributed by atoms with E-state index in [2.05, 4.69) is 19.9 Å². The molecule has 0 aliphatic heterocycles. The predicted molar refractivity (Wildman–Crippen MR) is 103 cm³/mol. The number of aliphatic hydroxyl groups excluding tert-OH is 1. The molecule has 0 heterocycles. The molecule has 0 spiro atoms. The fraction of sp³-hybridized carbons (Fsp3) is 0.870. The van der Waals surface area contributed by atoms with Crippen molar-refractivity contribution in [2.24, 2.45) is 28.6 Å². The quantitative estimate of drug-likeness (QED) is 0.744. The van der Waals surface area contributed by atoms with Crippen LogP contribution in [0.2, 0.25) is 0 Å². The minimum atomic E-state index is -0.564. The Hall–Kier alpha value is -0.670. The second-order valence-electron chi connectivity index (χ2n) is 9.97. The third kappa shape index (κ3) is 2.29. The third-order valence-electron chi connectivity index (χ3n) is 9.16. The Morgan fingerprint density at radius 2 is 1.92 bits per heavy atom. The van der Waals surface area contributed by atoms with Crippen LogP contribution in [-0.4, -0.2) is 29.2 Å². The van der Waals surface area contributed by atoms with Gasteiger partial charge >= 0.3 is 0 Å². The normalized spacial score (nSPS) is 50.4. The van der Waals surface area contributed by atoms with Crippen LogP contribution in [-0.2, 0) is 9.53 Å². The number of Topliss-reactive ketones (excluding diaryl/α,β-unsaturated/α-hetero) is 1. The zero-order chi connectivity index (χ0) is 18.7. The molecule has 0 saturated heterocycles. The Morgan fingerprint density at radius 1 is 1.19 bits per heavy atom. The standard InChI is InChI=1S/C23H36O3/c1-5-26-23(15(2)24)13-10-20-18-7-6-16-14-17(25)8-11-21(16,3)19(18)9-12-22(20,23)4/h6,17-20,25H,5,7-14H2,1-4H3/t17-,18?,19?,20?,21-,22-,23-/m0/s1. The van der Waals surface area contributed by atoms with Crippen molar-refractivity contribution < 1.29 is 14.6 Å². The van der Waals surface area contributed by atoms with E-state index in [4.69, 9.17) is 4.74 Å². The molecule has 0 bridgehead atoms. The van der Waals surface area contributed by atoms with Gasteiger partial charge in [-0.05, 0) is 88.4 Å². The number of fused-ring (bicyclic) bond motifs is 5. The van der Waals surface area contributed by atoms with E-state index < -0.39 is 5.60 Å². The average Bonchev–Trinajstić information content (AvgIpc) is 2.90. The fourth-order valence-corrected chi connectivity index (χ4v) is 7.80. The number of allylic oxidation sites excluding steroid dienone is 1. The zero-order valence-corrected chi connectivity index (χ0v) is 17.0. The van der Waals surface area contributed by atoms with Crippen LogP contribution in [0.4, 0.5) is 0 Å². The van der Waals surface area contributed by atoms with Crippen molar-refractivity contribution in [3.05, 3.63) is 11.6 Å². The van der Waals surface area contributed by atoms with E-state index in [9.17, 15) is 9.90 Å². The molecule has 7 atom stereocenters. The van der Waals surface area contributed by atoms with Crippen molar-refractivity contribution >= 4 is 5.78 Å². The molecule has 1 N–H and O–H groups in total. The molecule has 4 aliphatic rings. The fourth-order valence-electron chi connectivity index (χ4n) is 7.80. The molecule has 3 unspecified atom stereocenters. The molecule has 3 saturated carbocycles. The number of carbonyl (C=O) groups is 1. The van der Waals surface area contributed by atoms with Crippen molar-refractivity contribution in [3.8, 4) is 0 Å². The first kappa shape index (κ1) is 18.7. The summed E-state index contributed by atoms with van der Waals surface area (Å²) in [7, 11) is 0. The molecule has 0 aromatic carbocycles. The number of carbonyl (C=O) groups excluding carboxylic acids is 1. The minimum Gasteiger partial charge on any atom is -0.393 e. The van der Waals surface area contributed by atoms with Gasteiger partial charge in [-0.2, -0.15) is 0 Å². The summed E-state index contributed by atoms with van der Waals surface area (Å²) in [6.07, 6.45) is 10.7. The van der Waals surface area contributed by atoms with Gasteiger partial charge in [0, 0.05) is 12.0 Å². The second-order valence-corrected chi connectivity index (χ2v) is 9.97. The van der Waals surface area contributed by atoms with Crippen LogP contribution >= 0.6 is 0 Å². The molecule has 3 fully saturated rings. The molecule has 26 heavy (non-hydrogen) atoms. The molecule has 0 aromatic heterocycles. The van der Waals surface area contributed by atoms with Crippen molar-refractivity contribution in [1.29, 1.82) is 0 Å². The van der Waals surface area contributed by atoms with E-state index in [0.29, 0.717) is 24.4 Å². The Morgan fingerprint density at radius 3 is 2.62 bits per heavy atom. The lowest BCUT2D eigenvalue weighted by Gasteiger charge is -2.59. The molecule has 3 nitrogen and oxygen atoms in total. The highest BCUT2D eigenvalue weighted by Gasteiger charge is 2.66. The maximum absolute atomic E-state index is 12.7. The van der Waals surface area contributed by atoms with E-state index in [1.807, 2.05) is 6.92 Å². The van der Waals surface area contributed by atoms with Crippen molar-refractivity contribution in [1.82, 2.24) is 0 Å². The smallest absolute Gasteiger partial charge is 0.162 e. The maximum atomic E-state index is 12.7. The summed E-state index contributed by atoms with van der Waals surface area (Å²) in [5, 5.41) is 10.1. The monoisotopic (exact) mass is 360 g/mol. The topological polar surface area (TPSA) is 46.5 Å². The zero-order valence-electron chi connectivity index (χ0n) is 17.0. The van der Waals surface area contributed by atoms with E-state index in [-0.39, 0.29) is 22.7 Å². The Kier molecular flexibility index (Phi) is 4.43. The lowest BCUT2D eigenvalue weighted by molar-refractivity contribution is -0.173. The summed E-state index contributed by atoms with van der Waals surface area (Å²) in [6, 6.07) is 0. The molecule has 4 aliphatic carbocycles. The Labute approximate surface area is 158 Å². The van der Waals surface area contributed by atoms with Gasteiger partial charge in [-0.1, -0.05) is 25.5 Å². The summed E-state index contributed by atoms with van der Waals surface area (Å²) in [6.45, 7) is 9.20. The molecule has 0 amide bonds. The van der Waals surface area contributed by atoms with Gasteiger partial charge in [0.15, 0.2) is 5.78 Å². The van der Waals surface area contributed by atoms with Crippen LogP contribution in [0.3, 0.4) is 0 Å². The van der Waals surface area contributed by atoms with E-state index in [1.165, 1.54) is 12.0 Å². The van der Waals surface area contributed by atoms with Crippen LogP contribution in [0.1, 0.15) is 79.1 Å². The van der Waals surface area contributed by atoms with Crippen LogP contribution in [0.25, 0.3) is 0 Å². The van der Waals surface area contributed by atoms with Crippen LogP contribution in [0.15, 0.2) is 11.6 Å². The number of ketones is 1. The van der Waals surface area contributed by atoms with E-state index in [0.717, 1.165) is 44.9 Å². The summed E-state index contributed by atoms with van der Waals surface area (Å²) < 4.78 is 6.25. The first-order valence-electron chi connectivity index (χ1n) is 10.8. The summed E-state index contributed by atoms with van der Waals surface area (Å²) in [5.74, 6) is 2.19. The molecular formula is C23H36O3. The van der Waals surface area contributed by atoms with Gasteiger partial charge in [0.25, 0.3) is 0 Å². The van der Waals surface area contributed by atoms with Gasteiger partial charge in [0.05, 0.1) is 6.10 Å². The average molecular weight is 361 g/mol. The van der Waals surface area contributed by atoms with Crippen molar-refractivity contribution in [3.63, 3.8) is 0 Å². The highest BCUT2D eigenvalue weighted by molar-refractivity contribution is 5.86. The first-order chi connectivity index (χ1) is 12.3. The maximum Gasteiger partial charge on any atom is 0.162 e. The lowest BCUT2D eigenvalue weighted by atomic mass is 9.46. The molecule has 4 rings (SSSR count). The summed E-state index contributed by atoms with van der Waals surface area (Å²) in [4.78, 5) is 12.7. The van der Waals surface area contributed by atoms with Crippen LogP contribution < -0.4 is 0 Å².